The van der Waals surface area contributed by atoms with Crippen molar-refractivity contribution in [3.63, 3.8) is 0 Å². The quantitative estimate of drug-likeness (QED) is 0.122. The highest BCUT2D eigenvalue weighted by Crippen LogP contribution is 2.65. The molecule has 0 bridgehead atoms. The predicted molar refractivity (Wildman–Crippen MR) is 612 cm³/mol. The van der Waals surface area contributed by atoms with Crippen LogP contribution in [-0.2, 0) is 32.5 Å². The zero-order chi connectivity index (χ0) is 98.2. The van der Waals surface area contributed by atoms with Gasteiger partial charge in [-0.2, -0.15) is 0 Å². The van der Waals surface area contributed by atoms with Gasteiger partial charge in [0.05, 0.1) is 0 Å². The van der Waals surface area contributed by atoms with Gasteiger partial charge < -0.3 is 8.83 Å². The number of hydrogen-bond donors (Lipinski definition) is 0. The standard InChI is InChI=1S/C144H106O2/c1-139(2)119-71-91(47-55-105(119)109-59-51-95(75-123(109)139)103-67-99(85-35-21-15-22-36-85)65-101(69-103)89-41-29-39-87(63-89)83-31-17-13-18-32-83)93-49-57-107-111-61-53-97(77-125(111)141(5,6)121(107)73-93)115-79-130-135(138-133(115)113-43-25-27-45-131(113)146-138)118-82-127-117(81-128(118)144(130,11)12)134-129(143(127,9)10)80-116(137-136(134)114-44-26-28-46-132(114)145-137)98-54-62-112-108-58-50-94(74-122(108)142(7,8)126(112)78-98)92-48-56-106-110-60-52-96(76-124(110)140(3,4)120(106)72-92)104-68-100(86-37-23-16-24-38-86)66-102(70-104)90-42-30-40-88(64-90)84-33-19-14-20-34-84/h13-82H,1-12H3. The van der Waals surface area contributed by atoms with E-state index >= 15 is 0 Å². The van der Waals surface area contributed by atoms with Gasteiger partial charge in [-0.1, -0.05) is 374 Å². The molecule has 0 atom stereocenters. The molecule has 0 saturated heterocycles. The molecule has 0 radical (unpaired) electrons. The monoisotopic (exact) mass is 1870 g/mol. The van der Waals surface area contributed by atoms with E-state index < -0.39 is 10.8 Å². The summed E-state index contributed by atoms with van der Waals surface area (Å²) >= 11 is 0. The molecule has 0 saturated carbocycles. The molecule has 6 aliphatic rings. The Morgan fingerprint density at radius 2 is 0.342 bits per heavy atom. The first-order chi connectivity index (χ1) is 70.8. The maximum Gasteiger partial charge on any atom is 0.144 e. The summed E-state index contributed by atoms with van der Waals surface area (Å²) in [4.78, 5) is 0. The normalized spacial score (nSPS) is 15.0. The summed E-state index contributed by atoms with van der Waals surface area (Å²) in [5.41, 5.74) is 62.1. The van der Waals surface area contributed by atoms with Gasteiger partial charge >= 0.3 is 0 Å². The minimum absolute atomic E-state index is 0.254. The number of para-hydroxylation sites is 2. The van der Waals surface area contributed by atoms with Crippen LogP contribution in [0.5, 0.6) is 0 Å². The van der Waals surface area contributed by atoms with Crippen LogP contribution in [0, 0.1) is 0 Å². The Balaban J connectivity index is 0.467. The lowest BCUT2D eigenvalue weighted by molar-refractivity contribution is 0.649. The molecule has 0 unspecified atom stereocenters. The van der Waals surface area contributed by atoms with Crippen molar-refractivity contribution >= 4 is 43.9 Å². The van der Waals surface area contributed by atoms with E-state index in [4.69, 9.17) is 8.83 Å². The zero-order valence-electron chi connectivity index (χ0n) is 84.2. The van der Waals surface area contributed by atoms with Crippen molar-refractivity contribution in [2.24, 2.45) is 0 Å². The van der Waals surface area contributed by atoms with Crippen molar-refractivity contribution in [1.82, 2.24) is 0 Å². The van der Waals surface area contributed by atoms with E-state index in [2.05, 4.69) is 508 Å². The molecule has 0 fully saturated rings. The molecule has 2 aromatic heterocycles. The fourth-order valence-corrected chi connectivity index (χ4v) is 27.0. The fourth-order valence-electron chi connectivity index (χ4n) is 27.0. The smallest absolute Gasteiger partial charge is 0.144 e. The number of rotatable bonds is 12. The summed E-state index contributed by atoms with van der Waals surface area (Å²) < 4.78 is 14.8. The molecule has 0 amide bonds. The molecular formula is C144H106O2. The van der Waals surface area contributed by atoms with Crippen LogP contribution in [0.3, 0.4) is 0 Å². The first kappa shape index (κ1) is 85.9. The maximum absolute atomic E-state index is 7.43. The van der Waals surface area contributed by atoms with Crippen LogP contribution in [0.25, 0.3) is 244 Å². The SMILES string of the molecule is CC1(C)c2cc(-c3cc(-c4ccccc4)cc(-c4cccc(-c5ccccc5)c4)c3)ccc2-c2ccc(-c3ccc4c(c3)C(C)(C)c3cc(-c5cc6c(c7c5oc5ccccc57)-c5cc7c(cc5C6(C)C)-c5c(cc(-c6ccc8c(c6)C(C)(C)c6cc(-c9ccc%10c(c9)C(C)(C)c9cc(-c%11cc(-c%12ccccc%12)cc(-c%12cccc(-c%13ccccc%13)c%12)c%11)ccc9-%10)ccc6-8)c6c5oc5ccccc56)C7(C)C)ccc3-4)cc21. The third kappa shape index (κ3) is 12.6. The molecule has 2 heteroatoms. The Morgan fingerprint density at radius 1 is 0.130 bits per heavy atom. The van der Waals surface area contributed by atoms with Gasteiger partial charge in [0.1, 0.15) is 22.3 Å². The van der Waals surface area contributed by atoms with Gasteiger partial charge in [0.25, 0.3) is 0 Å². The van der Waals surface area contributed by atoms with Gasteiger partial charge in [-0.3, -0.25) is 0 Å². The number of furan rings is 2. The Kier molecular flexibility index (Phi) is 18.2. The molecule has 29 rings (SSSR count). The minimum Gasteiger partial charge on any atom is -0.455 e. The van der Waals surface area contributed by atoms with E-state index in [1.807, 2.05) is 0 Å². The summed E-state index contributed by atoms with van der Waals surface area (Å²) in [5, 5.41) is 4.60. The van der Waals surface area contributed by atoms with Crippen molar-refractivity contribution in [3.05, 3.63) is 491 Å². The summed E-state index contributed by atoms with van der Waals surface area (Å²) in [6.45, 7) is 29.3. The van der Waals surface area contributed by atoms with Crippen LogP contribution in [0.2, 0.25) is 0 Å². The fraction of sp³-hybridized carbons (Fsp3) is 0.125. The molecule has 0 spiro atoms. The average molecular weight is 1870 g/mol. The highest BCUT2D eigenvalue weighted by atomic mass is 16.3. The number of fused-ring (bicyclic) bond motifs is 26. The zero-order valence-corrected chi connectivity index (χ0v) is 84.2. The molecule has 2 heterocycles. The lowest BCUT2D eigenvalue weighted by atomic mass is 9.78. The Morgan fingerprint density at radius 3 is 0.692 bits per heavy atom. The topological polar surface area (TPSA) is 26.3 Å². The molecule has 694 valence electrons. The Bertz CT molecular complexity index is 9630. The molecule has 0 aliphatic heterocycles. The highest BCUT2D eigenvalue weighted by Gasteiger charge is 2.48. The molecule has 23 aromatic rings. The van der Waals surface area contributed by atoms with Crippen molar-refractivity contribution in [2.45, 2.75) is 116 Å². The Hall–Kier alpha value is -16.8. The molecule has 21 aromatic carbocycles. The van der Waals surface area contributed by atoms with Crippen LogP contribution in [0.4, 0.5) is 0 Å². The van der Waals surface area contributed by atoms with Crippen LogP contribution in [-0.4, -0.2) is 0 Å². The van der Waals surface area contributed by atoms with Crippen LogP contribution >= 0.6 is 0 Å². The van der Waals surface area contributed by atoms with Crippen LogP contribution in [0.1, 0.15) is 150 Å². The summed E-state index contributed by atoms with van der Waals surface area (Å²) in [6.07, 6.45) is 0. The van der Waals surface area contributed by atoms with E-state index in [-0.39, 0.29) is 21.7 Å². The van der Waals surface area contributed by atoms with E-state index in [1.54, 1.807) is 0 Å². The van der Waals surface area contributed by atoms with Crippen molar-refractivity contribution < 1.29 is 8.83 Å². The van der Waals surface area contributed by atoms with Crippen molar-refractivity contribution in [2.75, 3.05) is 0 Å². The lowest BCUT2D eigenvalue weighted by Crippen LogP contribution is -2.17. The molecule has 0 N–H and O–H groups in total. The third-order valence-corrected chi connectivity index (χ3v) is 35.0. The molecule has 146 heavy (non-hydrogen) atoms. The lowest BCUT2D eigenvalue weighted by Gasteiger charge is -2.25. The second-order valence-electron chi connectivity index (χ2n) is 45.3. The second kappa shape index (κ2) is 30.9. The minimum atomic E-state index is -0.418. The van der Waals surface area contributed by atoms with E-state index in [0.717, 1.165) is 49.6 Å². The van der Waals surface area contributed by atoms with Crippen LogP contribution < -0.4 is 0 Å². The maximum atomic E-state index is 7.43. The average Bonchev–Trinajstić information content (AvgIpc) is 1.51. The number of benzene rings is 21. The summed E-state index contributed by atoms with van der Waals surface area (Å²) in [6, 6.07) is 161. The first-order valence-electron chi connectivity index (χ1n) is 51.9. The molecule has 6 aliphatic carbocycles. The van der Waals surface area contributed by atoms with Crippen LogP contribution in [0.15, 0.2) is 433 Å². The second-order valence-corrected chi connectivity index (χ2v) is 45.3. The van der Waals surface area contributed by atoms with E-state index in [0.29, 0.717) is 0 Å². The largest absolute Gasteiger partial charge is 0.455 e. The van der Waals surface area contributed by atoms with Gasteiger partial charge in [0.15, 0.2) is 0 Å². The number of hydrogen-bond acceptors (Lipinski definition) is 2. The van der Waals surface area contributed by atoms with Crippen molar-refractivity contribution in [3.8, 4) is 200 Å². The third-order valence-electron chi connectivity index (χ3n) is 35.0. The van der Waals surface area contributed by atoms with Gasteiger partial charge in [0.2, 0.25) is 0 Å². The van der Waals surface area contributed by atoms with E-state index in [1.165, 1.54) is 261 Å². The Labute approximate surface area is 853 Å². The van der Waals surface area contributed by atoms with Gasteiger partial charge in [-0.05, 0) is 389 Å². The predicted octanol–water partition coefficient (Wildman–Crippen LogP) is 39.3. The highest BCUT2D eigenvalue weighted by molar-refractivity contribution is 6.21. The van der Waals surface area contributed by atoms with E-state index in [9.17, 15) is 0 Å². The summed E-state index contributed by atoms with van der Waals surface area (Å²) in [5.74, 6) is 0. The first-order valence-corrected chi connectivity index (χ1v) is 51.9. The molecule has 2 nitrogen and oxygen atoms in total. The van der Waals surface area contributed by atoms with Gasteiger partial charge in [0, 0.05) is 65.2 Å². The summed E-state index contributed by atoms with van der Waals surface area (Å²) in [7, 11) is 0. The van der Waals surface area contributed by atoms with Gasteiger partial charge in [-0.25, -0.2) is 0 Å². The van der Waals surface area contributed by atoms with Gasteiger partial charge in [-0.15, -0.1) is 0 Å². The van der Waals surface area contributed by atoms with Crippen molar-refractivity contribution in [1.29, 1.82) is 0 Å². The molecular weight excluding hydrogens is 1760 g/mol.